The Morgan fingerprint density at radius 3 is 3.04 bits per heavy atom. The van der Waals surface area contributed by atoms with Crippen molar-refractivity contribution in [3.8, 4) is 10.8 Å². The molecule has 0 spiro atoms. The lowest BCUT2D eigenvalue weighted by Gasteiger charge is -2.21. The van der Waals surface area contributed by atoms with E-state index in [-0.39, 0.29) is 5.97 Å². The van der Waals surface area contributed by atoms with Gasteiger partial charge in [-0.15, -0.1) is 21.5 Å². The highest BCUT2D eigenvalue weighted by Gasteiger charge is 2.40. The third-order valence-corrected chi connectivity index (χ3v) is 6.00. The van der Waals surface area contributed by atoms with E-state index in [1.165, 1.54) is 37.0 Å². The summed E-state index contributed by atoms with van der Waals surface area (Å²) in [5.41, 5.74) is 0. The summed E-state index contributed by atoms with van der Waals surface area (Å²) < 4.78 is 11.1. The Bertz CT molecular complexity index is 682. The first-order chi connectivity index (χ1) is 11.2. The average Bonchev–Trinajstić information content (AvgIpc) is 3.29. The van der Waals surface area contributed by atoms with E-state index in [4.69, 9.17) is 9.15 Å². The molecule has 4 atom stereocenters. The van der Waals surface area contributed by atoms with Gasteiger partial charge in [-0.3, -0.25) is 4.79 Å². The van der Waals surface area contributed by atoms with Crippen LogP contribution in [0.5, 0.6) is 0 Å². The van der Waals surface area contributed by atoms with Gasteiger partial charge in [0.15, 0.2) is 6.10 Å². The lowest BCUT2D eigenvalue weighted by molar-refractivity contribution is -0.151. The van der Waals surface area contributed by atoms with Crippen molar-refractivity contribution >= 4 is 17.3 Å². The van der Waals surface area contributed by atoms with E-state index in [1.54, 1.807) is 6.92 Å². The molecule has 2 aliphatic rings. The van der Waals surface area contributed by atoms with Gasteiger partial charge >= 0.3 is 5.97 Å². The van der Waals surface area contributed by atoms with Crippen LogP contribution in [0.15, 0.2) is 21.9 Å². The van der Waals surface area contributed by atoms with Gasteiger partial charge in [-0.1, -0.05) is 12.5 Å². The van der Waals surface area contributed by atoms with Crippen LogP contribution in [-0.2, 0) is 9.53 Å². The van der Waals surface area contributed by atoms with Crippen LogP contribution in [0.3, 0.4) is 0 Å². The molecule has 2 aromatic rings. The number of carbonyl (C=O) groups is 1. The Labute approximate surface area is 139 Å². The summed E-state index contributed by atoms with van der Waals surface area (Å²) in [6, 6.07) is 3.86. The molecule has 0 unspecified atom stereocenters. The first-order valence-electron chi connectivity index (χ1n) is 8.26. The molecule has 0 aromatic carbocycles. The van der Waals surface area contributed by atoms with Crippen LogP contribution in [0, 0.1) is 17.8 Å². The highest BCUT2D eigenvalue weighted by Crippen LogP contribution is 2.49. The number of nitrogens with zero attached hydrogens (tertiary/aromatic N) is 2. The molecule has 0 amide bonds. The van der Waals surface area contributed by atoms with E-state index < -0.39 is 6.10 Å². The van der Waals surface area contributed by atoms with Crippen molar-refractivity contribution < 1.29 is 13.9 Å². The molecule has 0 N–H and O–H groups in total. The summed E-state index contributed by atoms with van der Waals surface area (Å²) in [7, 11) is 0. The normalized spacial score (nSPS) is 27.3. The maximum Gasteiger partial charge on any atom is 0.306 e. The highest BCUT2D eigenvalue weighted by molar-refractivity contribution is 7.13. The van der Waals surface area contributed by atoms with Crippen LogP contribution in [0.4, 0.5) is 0 Å². The van der Waals surface area contributed by atoms with Gasteiger partial charge in [-0.2, -0.15) is 0 Å². The average molecular weight is 332 g/mol. The number of fused-ring (bicyclic) bond motifs is 2. The fourth-order valence-electron chi connectivity index (χ4n) is 4.03. The van der Waals surface area contributed by atoms with E-state index in [0.717, 1.165) is 16.7 Å². The van der Waals surface area contributed by atoms with Gasteiger partial charge in [0, 0.05) is 6.42 Å². The first-order valence-corrected chi connectivity index (χ1v) is 9.13. The molecule has 6 heteroatoms. The number of hydrogen-bond acceptors (Lipinski definition) is 6. The molecular formula is C17H20N2O3S. The summed E-state index contributed by atoms with van der Waals surface area (Å²) >= 11 is 1.54. The Hall–Kier alpha value is -1.69. The predicted octanol–water partition coefficient (Wildman–Crippen LogP) is 4.23. The summed E-state index contributed by atoms with van der Waals surface area (Å²) in [6.07, 6.45) is 5.16. The van der Waals surface area contributed by atoms with Gasteiger partial charge in [-0.25, -0.2) is 0 Å². The van der Waals surface area contributed by atoms with Crippen LogP contribution in [0.2, 0.25) is 0 Å². The predicted molar refractivity (Wildman–Crippen MR) is 85.7 cm³/mol. The standard InChI is InChI=1S/C17H20N2O3S/c1-10(16-18-19-17(22-16)14-3-2-6-23-14)21-15(20)9-13-8-11-4-5-12(13)7-11/h2-3,6,10-13H,4-5,7-9H2,1H3/t10-,11+,12+,13+/m1/s1. The number of esters is 1. The lowest BCUT2D eigenvalue weighted by atomic mass is 9.86. The van der Waals surface area contributed by atoms with Crippen molar-refractivity contribution in [1.82, 2.24) is 10.2 Å². The second-order valence-electron chi connectivity index (χ2n) is 6.69. The number of thiophene rings is 1. The van der Waals surface area contributed by atoms with Gasteiger partial charge in [-0.05, 0) is 55.4 Å². The van der Waals surface area contributed by atoms with Gasteiger partial charge in [0.1, 0.15) is 0 Å². The minimum atomic E-state index is -0.498. The second-order valence-corrected chi connectivity index (χ2v) is 7.64. The van der Waals surface area contributed by atoms with Gasteiger partial charge in [0.2, 0.25) is 0 Å². The van der Waals surface area contributed by atoms with Gasteiger partial charge in [0.05, 0.1) is 4.88 Å². The van der Waals surface area contributed by atoms with E-state index in [9.17, 15) is 4.79 Å². The molecule has 0 saturated heterocycles. The van der Waals surface area contributed by atoms with Crippen LogP contribution >= 0.6 is 11.3 Å². The van der Waals surface area contributed by atoms with E-state index in [2.05, 4.69) is 10.2 Å². The minimum Gasteiger partial charge on any atom is -0.453 e. The monoisotopic (exact) mass is 332 g/mol. The van der Waals surface area contributed by atoms with Crippen molar-refractivity contribution in [2.75, 3.05) is 0 Å². The number of ether oxygens (including phenoxy) is 1. The summed E-state index contributed by atoms with van der Waals surface area (Å²) in [6.45, 7) is 1.78. The summed E-state index contributed by atoms with van der Waals surface area (Å²) in [4.78, 5) is 13.1. The van der Waals surface area contributed by atoms with Crippen molar-refractivity contribution in [1.29, 1.82) is 0 Å². The van der Waals surface area contributed by atoms with Gasteiger partial charge in [0.25, 0.3) is 11.8 Å². The number of carbonyl (C=O) groups excluding carboxylic acids is 1. The van der Waals surface area contributed by atoms with Crippen molar-refractivity contribution in [2.24, 2.45) is 17.8 Å². The molecule has 5 nitrogen and oxygen atoms in total. The number of hydrogen-bond donors (Lipinski definition) is 0. The molecule has 0 aliphatic heterocycles. The zero-order valence-electron chi connectivity index (χ0n) is 13.1. The molecule has 2 saturated carbocycles. The Morgan fingerprint density at radius 2 is 2.35 bits per heavy atom. The van der Waals surface area contributed by atoms with E-state index in [1.807, 2.05) is 17.5 Å². The molecular weight excluding hydrogens is 312 g/mol. The second kappa shape index (κ2) is 6.07. The lowest BCUT2D eigenvalue weighted by Crippen LogP contribution is -2.18. The molecule has 0 radical (unpaired) electrons. The molecule has 2 bridgehead atoms. The first kappa shape index (κ1) is 14.9. The van der Waals surface area contributed by atoms with E-state index in [0.29, 0.717) is 24.1 Å². The molecule has 23 heavy (non-hydrogen) atoms. The molecule has 122 valence electrons. The highest BCUT2D eigenvalue weighted by atomic mass is 32.1. The Balaban J connectivity index is 1.34. The minimum absolute atomic E-state index is 0.147. The Morgan fingerprint density at radius 1 is 1.43 bits per heavy atom. The number of aromatic nitrogens is 2. The van der Waals surface area contributed by atoms with Crippen LogP contribution in [-0.4, -0.2) is 16.2 Å². The van der Waals surface area contributed by atoms with Crippen LogP contribution in [0.1, 0.15) is 51.0 Å². The van der Waals surface area contributed by atoms with Crippen LogP contribution < -0.4 is 0 Å². The zero-order valence-corrected chi connectivity index (χ0v) is 13.9. The van der Waals surface area contributed by atoms with Crippen LogP contribution in [0.25, 0.3) is 10.8 Å². The topological polar surface area (TPSA) is 65.2 Å². The van der Waals surface area contributed by atoms with Crippen molar-refractivity contribution in [3.63, 3.8) is 0 Å². The maximum atomic E-state index is 12.2. The third kappa shape index (κ3) is 3.04. The maximum absolute atomic E-state index is 12.2. The Kier molecular flexibility index (Phi) is 3.93. The fraction of sp³-hybridized carbons (Fsp3) is 0.588. The van der Waals surface area contributed by atoms with Gasteiger partial charge < -0.3 is 9.15 Å². The molecule has 2 heterocycles. The quantitative estimate of drug-likeness (QED) is 0.767. The number of rotatable bonds is 5. The smallest absolute Gasteiger partial charge is 0.306 e. The molecule has 2 aliphatic carbocycles. The SMILES string of the molecule is C[C@@H](OC(=O)C[C@@H]1C[C@H]2CC[C@H]1C2)c1nnc(-c2cccs2)o1. The molecule has 4 rings (SSSR count). The molecule has 2 aromatic heterocycles. The summed E-state index contributed by atoms with van der Waals surface area (Å²) in [5, 5.41) is 9.99. The summed E-state index contributed by atoms with van der Waals surface area (Å²) in [5.74, 6) is 2.78. The van der Waals surface area contributed by atoms with Crippen molar-refractivity contribution in [3.05, 3.63) is 23.4 Å². The van der Waals surface area contributed by atoms with Crippen molar-refractivity contribution in [2.45, 2.75) is 45.1 Å². The van der Waals surface area contributed by atoms with E-state index >= 15 is 0 Å². The fourth-order valence-corrected chi connectivity index (χ4v) is 4.68. The third-order valence-electron chi connectivity index (χ3n) is 5.14. The molecule has 2 fully saturated rings. The largest absolute Gasteiger partial charge is 0.453 e. The zero-order chi connectivity index (χ0) is 15.8.